The van der Waals surface area contributed by atoms with Crippen molar-refractivity contribution in [2.45, 2.75) is 31.2 Å². The molecule has 1 N–H and O–H groups in total. The average Bonchev–Trinajstić information content (AvgIpc) is 2.51. The number of hydrogen-bond donors (Lipinski definition) is 1. The largest absolute Gasteiger partial charge is 0.416 e. The van der Waals surface area contributed by atoms with Crippen LogP contribution >= 0.6 is 12.4 Å². The molecule has 0 aromatic heterocycles. The van der Waals surface area contributed by atoms with Crippen LogP contribution in [0.25, 0.3) is 0 Å². The lowest BCUT2D eigenvalue weighted by Gasteiger charge is -2.36. The van der Waals surface area contributed by atoms with Gasteiger partial charge in [0.2, 0.25) is 6.43 Å². The van der Waals surface area contributed by atoms with Gasteiger partial charge in [-0.05, 0) is 17.7 Å². The molecular formula is C15H17ClF8N2. The van der Waals surface area contributed by atoms with Crippen LogP contribution in [-0.4, -0.2) is 37.5 Å². The first-order valence-corrected chi connectivity index (χ1v) is 7.51. The molecule has 1 atom stereocenters. The molecule has 0 spiro atoms. The van der Waals surface area contributed by atoms with E-state index in [0.717, 1.165) is 0 Å². The van der Waals surface area contributed by atoms with E-state index >= 15 is 0 Å². The smallest absolute Gasteiger partial charge is 0.314 e. The van der Waals surface area contributed by atoms with Crippen LogP contribution < -0.4 is 5.32 Å². The number of piperazine rings is 1. The summed E-state index contributed by atoms with van der Waals surface area (Å²) in [5.41, 5.74) is -3.53. The summed E-state index contributed by atoms with van der Waals surface area (Å²) in [6, 6.07) is -0.136. The van der Waals surface area contributed by atoms with Gasteiger partial charge in [-0.3, -0.25) is 4.90 Å². The zero-order valence-corrected chi connectivity index (χ0v) is 14.1. The molecule has 1 aromatic rings. The van der Waals surface area contributed by atoms with Crippen molar-refractivity contribution in [1.29, 1.82) is 0 Å². The van der Waals surface area contributed by atoms with Crippen molar-refractivity contribution in [3.8, 4) is 0 Å². The van der Waals surface area contributed by atoms with Crippen molar-refractivity contribution in [1.82, 2.24) is 10.2 Å². The monoisotopic (exact) mass is 412 g/mol. The van der Waals surface area contributed by atoms with Crippen LogP contribution in [0, 0.1) is 0 Å². The van der Waals surface area contributed by atoms with Gasteiger partial charge >= 0.3 is 12.4 Å². The zero-order valence-electron chi connectivity index (χ0n) is 13.3. The number of rotatable bonds is 4. The molecule has 0 amide bonds. The first-order valence-electron chi connectivity index (χ1n) is 7.51. The topological polar surface area (TPSA) is 15.3 Å². The van der Waals surface area contributed by atoms with Gasteiger partial charge < -0.3 is 5.32 Å². The SMILES string of the molecule is Cl.FC(F)C[C@@H](c1ccc(C(F)(F)F)cc1C(F)(F)F)N1CCNCC1. The third-order valence-electron chi connectivity index (χ3n) is 4.04. The summed E-state index contributed by atoms with van der Waals surface area (Å²) in [6.07, 6.45) is -13.8. The van der Waals surface area contributed by atoms with Crippen LogP contribution in [0.1, 0.15) is 29.2 Å². The highest BCUT2D eigenvalue weighted by Gasteiger charge is 2.40. The summed E-state index contributed by atoms with van der Waals surface area (Å²) in [5.74, 6) is 0. The normalized spacial score (nSPS) is 17.9. The summed E-state index contributed by atoms with van der Waals surface area (Å²) < 4.78 is 104. The molecule has 11 heteroatoms. The van der Waals surface area contributed by atoms with Gasteiger partial charge in [-0.15, -0.1) is 12.4 Å². The highest BCUT2D eigenvalue weighted by Crippen LogP contribution is 2.41. The van der Waals surface area contributed by atoms with Crippen LogP contribution in [0.4, 0.5) is 35.1 Å². The number of halogens is 9. The van der Waals surface area contributed by atoms with Crippen LogP contribution in [0.2, 0.25) is 0 Å². The zero-order chi connectivity index (χ0) is 18.8. The summed E-state index contributed by atoms with van der Waals surface area (Å²) in [6.45, 7) is 1.27. The first kappa shape index (κ1) is 22.9. The second-order valence-corrected chi connectivity index (χ2v) is 5.73. The van der Waals surface area contributed by atoms with Gasteiger partial charge in [0.1, 0.15) is 0 Å². The number of nitrogens with zero attached hydrogens (tertiary/aromatic N) is 1. The Kier molecular flexibility index (Phi) is 7.67. The number of hydrogen-bond acceptors (Lipinski definition) is 2. The third-order valence-corrected chi connectivity index (χ3v) is 4.04. The summed E-state index contributed by atoms with van der Waals surface area (Å²) in [5, 5.41) is 2.95. The minimum atomic E-state index is -5.08. The van der Waals surface area contributed by atoms with Gasteiger partial charge in [-0.25, -0.2) is 8.78 Å². The van der Waals surface area contributed by atoms with Crippen LogP contribution in [0.15, 0.2) is 18.2 Å². The van der Waals surface area contributed by atoms with E-state index in [1.54, 1.807) is 0 Å². The van der Waals surface area contributed by atoms with Gasteiger partial charge in [0.25, 0.3) is 0 Å². The molecule has 1 aromatic carbocycles. The fourth-order valence-corrected chi connectivity index (χ4v) is 2.90. The van der Waals surface area contributed by atoms with Crippen molar-refractivity contribution < 1.29 is 35.1 Å². The Morgan fingerprint density at radius 3 is 2.00 bits per heavy atom. The van der Waals surface area contributed by atoms with E-state index in [4.69, 9.17) is 0 Å². The van der Waals surface area contributed by atoms with Crippen molar-refractivity contribution in [3.05, 3.63) is 34.9 Å². The summed E-state index contributed by atoms with van der Waals surface area (Å²) in [7, 11) is 0. The second-order valence-electron chi connectivity index (χ2n) is 5.73. The van der Waals surface area contributed by atoms with Gasteiger partial charge in [0, 0.05) is 38.6 Å². The fourth-order valence-electron chi connectivity index (χ4n) is 2.90. The molecule has 1 aliphatic rings. The van der Waals surface area contributed by atoms with Gasteiger partial charge in [-0.2, -0.15) is 26.3 Å². The summed E-state index contributed by atoms with van der Waals surface area (Å²) >= 11 is 0. The lowest BCUT2D eigenvalue weighted by molar-refractivity contribution is -0.144. The summed E-state index contributed by atoms with van der Waals surface area (Å²) in [4.78, 5) is 1.44. The fraction of sp³-hybridized carbons (Fsp3) is 0.600. The van der Waals surface area contributed by atoms with E-state index in [0.29, 0.717) is 25.2 Å². The van der Waals surface area contributed by atoms with Crippen molar-refractivity contribution in [3.63, 3.8) is 0 Å². The Bertz CT molecular complexity index is 582. The van der Waals surface area contributed by atoms with Gasteiger partial charge in [0.15, 0.2) is 0 Å². The van der Waals surface area contributed by atoms with E-state index in [1.807, 2.05) is 0 Å². The lowest BCUT2D eigenvalue weighted by Crippen LogP contribution is -2.46. The third kappa shape index (κ3) is 5.68. The lowest BCUT2D eigenvalue weighted by atomic mass is 9.93. The molecule has 0 radical (unpaired) electrons. The minimum absolute atomic E-state index is 0. The molecule has 2 nitrogen and oxygen atoms in total. The maximum atomic E-state index is 13.3. The van der Waals surface area contributed by atoms with Crippen molar-refractivity contribution in [2.75, 3.05) is 26.2 Å². The molecule has 2 rings (SSSR count). The highest BCUT2D eigenvalue weighted by atomic mass is 35.5. The number of benzene rings is 1. The molecule has 1 fully saturated rings. The Hall–Kier alpha value is -1.13. The molecule has 0 bridgehead atoms. The van der Waals surface area contributed by atoms with Crippen LogP contribution in [0.3, 0.4) is 0 Å². The van der Waals surface area contributed by atoms with E-state index in [1.165, 1.54) is 4.90 Å². The molecule has 0 aliphatic carbocycles. The quantitative estimate of drug-likeness (QED) is 0.718. The van der Waals surface area contributed by atoms with Gasteiger partial charge in [-0.1, -0.05) is 6.07 Å². The average molecular weight is 413 g/mol. The molecule has 26 heavy (non-hydrogen) atoms. The highest BCUT2D eigenvalue weighted by molar-refractivity contribution is 5.85. The molecule has 0 saturated carbocycles. The maximum absolute atomic E-state index is 13.3. The number of alkyl halides is 8. The molecular weight excluding hydrogens is 396 g/mol. The van der Waals surface area contributed by atoms with Crippen molar-refractivity contribution >= 4 is 12.4 Å². The van der Waals surface area contributed by atoms with Crippen molar-refractivity contribution in [2.24, 2.45) is 0 Å². The predicted molar refractivity (Wildman–Crippen MR) is 81.5 cm³/mol. The minimum Gasteiger partial charge on any atom is -0.314 e. The predicted octanol–water partition coefficient (Wildman–Crippen LogP) is 4.75. The molecule has 1 saturated heterocycles. The van der Waals surface area contributed by atoms with Crippen LogP contribution in [-0.2, 0) is 12.4 Å². The Labute approximate surface area is 150 Å². The van der Waals surface area contributed by atoms with E-state index in [-0.39, 0.29) is 31.6 Å². The molecule has 150 valence electrons. The van der Waals surface area contributed by atoms with E-state index in [9.17, 15) is 35.1 Å². The maximum Gasteiger partial charge on any atom is 0.416 e. The second kappa shape index (κ2) is 8.71. The van der Waals surface area contributed by atoms with E-state index < -0.39 is 47.9 Å². The molecule has 1 aliphatic heterocycles. The first-order chi connectivity index (χ1) is 11.5. The molecule has 1 heterocycles. The van der Waals surface area contributed by atoms with Crippen LogP contribution in [0.5, 0.6) is 0 Å². The van der Waals surface area contributed by atoms with Gasteiger partial charge in [0.05, 0.1) is 11.1 Å². The standard InChI is InChI=1S/C15H16F8N2.ClH/c16-13(17)8-12(25-5-3-24-4-6-25)10-2-1-9(14(18,19)20)7-11(10)15(21,22)23;/h1-2,7,12-13,24H,3-6,8H2;1H/t12-;/m0./s1. The van der Waals surface area contributed by atoms with E-state index in [2.05, 4.69) is 5.32 Å². The Morgan fingerprint density at radius 1 is 0.962 bits per heavy atom. The Morgan fingerprint density at radius 2 is 1.54 bits per heavy atom. The Balaban J connectivity index is 0.00000338. The molecule has 0 unspecified atom stereocenters. The number of nitrogens with one attached hydrogen (secondary N) is 1.